The van der Waals surface area contributed by atoms with E-state index in [0.717, 1.165) is 29.0 Å². The lowest BCUT2D eigenvalue weighted by atomic mass is 9.48. The van der Waals surface area contributed by atoms with Crippen molar-refractivity contribution in [3.63, 3.8) is 0 Å². The average Bonchev–Trinajstić information content (AvgIpc) is 2.99. The predicted octanol–water partition coefficient (Wildman–Crippen LogP) is 7.03. The molecule has 0 spiro atoms. The molecule has 0 radical (unpaired) electrons. The quantitative estimate of drug-likeness (QED) is 0.211. The fraction of sp³-hybridized carbons (Fsp3) is 0.361. The Labute approximate surface area is 252 Å². The molecule has 43 heavy (non-hydrogen) atoms. The number of rotatable bonds is 9. The minimum Gasteiger partial charge on any atom is -0.493 e. The van der Waals surface area contributed by atoms with Crippen LogP contribution < -0.4 is 20.1 Å². The Kier molecular flexibility index (Phi) is 7.94. The summed E-state index contributed by atoms with van der Waals surface area (Å²) in [4.78, 5) is 25.4. The molecule has 0 atom stereocenters. The number of aryl methyl sites for hydroxylation is 1. The van der Waals surface area contributed by atoms with Crippen LogP contribution in [-0.4, -0.2) is 25.5 Å². The third kappa shape index (κ3) is 6.29. The highest BCUT2D eigenvalue weighted by Gasteiger charge is 2.51. The van der Waals surface area contributed by atoms with Gasteiger partial charge in [0.2, 0.25) is 0 Å². The first-order chi connectivity index (χ1) is 20.8. The van der Waals surface area contributed by atoms with E-state index in [1.165, 1.54) is 57.3 Å². The highest BCUT2D eigenvalue weighted by Crippen LogP contribution is 2.60. The number of carbonyl (C=O) groups excluding carboxylic acids is 2. The molecule has 0 heterocycles. The monoisotopic (exact) mass is 575 g/mol. The van der Waals surface area contributed by atoms with E-state index in [-0.39, 0.29) is 18.1 Å². The van der Waals surface area contributed by atoms with E-state index in [4.69, 9.17) is 9.47 Å². The van der Waals surface area contributed by atoms with Crippen molar-refractivity contribution >= 4 is 29.3 Å². The molecule has 7 nitrogen and oxygen atoms in total. The van der Waals surface area contributed by atoms with Gasteiger partial charge in [0.05, 0.1) is 7.11 Å². The fourth-order valence-electron chi connectivity index (χ4n) is 7.76. The largest absolute Gasteiger partial charge is 0.493 e. The summed E-state index contributed by atoms with van der Waals surface area (Å²) in [5, 5.41) is 15.3. The zero-order valence-corrected chi connectivity index (χ0v) is 24.7. The number of hydrogen-bond donors (Lipinski definition) is 2. The minimum absolute atomic E-state index is 0.0510. The van der Waals surface area contributed by atoms with E-state index < -0.39 is 5.91 Å². The number of nitrogens with zero attached hydrogens (tertiary/aromatic N) is 1. The Morgan fingerprint density at radius 2 is 1.49 bits per heavy atom. The number of ether oxygens (including phenoxy) is 2. The van der Waals surface area contributed by atoms with Gasteiger partial charge in [0.25, 0.3) is 11.8 Å². The lowest BCUT2D eigenvalue weighted by Gasteiger charge is -2.57. The van der Waals surface area contributed by atoms with Crippen LogP contribution in [0, 0.1) is 36.0 Å². The highest BCUT2D eigenvalue weighted by molar-refractivity contribution is 6.09. The van der Waals surface area contributed by atoms with E-state index in [1.807, 2.05) is 37.3 Å². The van der Waals surface area contributed by atoms with Crippen molar-refractivity contribution in [2.24, 2.45) is 17.8 Å². The average molecular weight is 576 g/mol. The SMILES string of the molecule is COc1cc(/C=C(/C#N)C(=O)Nc2ccc(C)cc2)ccc1OCC(=O)Nc1ccc(C23CC4CC(CC(C4)C2)C3)cc1. The first-order valence-corrected chi connectivity index (χ1v) is 15.0. The number of nitrogens with one attached hydrogen (secondary N) is 2. The molecule has 0 unspecified atom stereocenters. The van der Waals surface area contributed by atoms with Crippen LogP contribution in [0.15, 0.2) is 72.3 Å². The predicted molar refractivity (Wildman–Crippen MR) is 167 cm³/mol. The molecule has 4 fully saturated rings. The number of carbonyl (C=O) groups is 2. The van der Waals surface area contributed by atoms with E-state index in [0.29, 0.717) is 28.2 Å². The molecular weight excluding hydrogens is 538 g/mol. The van der Waals surface area contributed by atoms with Gasteiger partial charge in [-0.25, -0.2) is 0 Å². The summed E-state index contributed by atoms with van der Waals surface area (Å²) in [7, 11) is 1.50. The number of nitriles is 1. The van der Waals surface area contributed by atoms with E-state index >= 15 is 0 Å². The Hall–Kier alpha value is -4.57. The van der Waals surface area contributed by atoms with Gasteiger partial charge in [-0.05, 0) is 122 Å². The third-order valence-corrected chi connectivity index (χ3v) is 9.35. The lowest BCUT2D eigenvalue weighted by molar-refractivity contribution is -0.118. The molecule has 4 bridgehead atoms. The maximum atomic E-state index is 12.7. The van der Waals surface area contributed by atoms with Gasteiger partial charge in [0, 0.05) is 11.4 Å². The van der Waals surface area contributed by atoms with Gasteiger partial charge < -0.3 is 20.1 Å². The van der Waals surface area contributed by atoms with Crippen molar-refractivity contribution < 1.29 is 19.1 Å². The second-order valence-electron chi connectivity index (χ2n) is 12.5. The summed E-state index contributed by atoms with van der Waals surface area (Å²) in [5.74, 6) is 2.67. The molecule has 0 saturated heterocycles. The molecule has 4 aliphatic rings. The van der Waals surface area contributed by atoms with Crippen molar-refractivity contribution in [3.8, 4) is 17.6 Å². The second-order valence-corrected chi connectivity index (χ2v) is 12.5. The molecule has 220 valence electrons. The van der Waals surface area contributed by atoms with Crippen LogP contribution in [0.3, 0.4) is 0 Å². The molecule has 4 aliphatic carbocycles. The van der Waals surface area contributed by atoms with Gasteiger partial charge in [0.15, 0.2) is 18.1 Å². The standard InChI is InChI=1S/C36H37N3O4/c1-23-3-8-31(9-4-23)39-35(41)28(21-37)16-24-5-12-32(33(17-24)42-2)43-22-34(40)38-30-10-6-29(7-11-30)36-18-25-13-26(19-36)15-27(14-25)20-36/h3-12,16-17,25-27H,13-15,18-20,22H2,1-2H3,(H,38,40)(H,39,41)/b28-16-. The van der Waals surface area contributed by atoms with Crippen LogP contribution in [0.5, 0.6) is 11.5 Å². The molecule has 2 N–H and O–H groups in total. The first-order valence-electron chi connectivity index (χ1n) is 15.0. The zero-order valence-electron chi connectivity index (χ0n) is 24.7. The van der Waals surface area contributed by atoms with Crippen molar-refractivity contribution in [3.05, 3.63) is 89.0 Å². The second kappa shape index (κ2) is 12.0. The third-order valence-electron chi connectivity index (χ3n) is 9.35. The van der Waals surface area contributed by atoms with Gasteiger partial charge in [-0.1, -0.05) is 35.9 Å². The van der Waals surface area contributed by atoms with Crippen LogP contribution in [0.4, 0.5) is 11.4 Å². The Morgan fingerprint density at radius 3 is 2.09 bits per heavy atom. The smallest absolute Gasteiger partial charge is 0.266 e. The summed E-state index contributed by atoms with van der Waals surface area (Å²) in [6, 6.07) is 22.7. The number of methoxy groups -OCH3 is 1. The van der Waals surface area contributed by atoms with Crippen LogP contribution in [0.2, 0.25) is 0 Å². The van der Waals surface area contributed by atoms with Crippen LogP contribution in [-0.2, 0) is 15.0 Å². The van der Waals surface area contributed by atoms with Crippen molar-refractivity contribution in [1.82, 2.24) is 0 Å². The Morgan fingerprint density at radius 1 is 0.884 bits per heavy atom. The molecule has 4 saturated carbocycles. The summed E-state index contributed by atoms with van der Waals surface area (Å²) in [5.41, 5.74) is 4.72. The fourth-order valence-corrected chi connectivity index (χ4v) is 7.76. The number of anilines is 2. The minimum atomic E-state index is -0.506. The number of hydrogen-bond acceptors (Lipinski definition) is 5. The molecule has 3 aromatic carbocycles. The normalized spacial score (nSPS) is 23.7. The summed E-state index contributed by atoms with van der Waals surface area (Å²) in [6.07, 6.45) is 9.68. The van der Waals surface area contributed by atoms with Crippen LogP contribution in [0.25, 0.3) is 6.08 Å². The molecule has 2 amide bonds. The first kappa shape index (κ1) is 28.5. The van der Waals surface area contributed by atoms with Crippen LogP contribution in [0.1, 0.15) is 55.2 Å². The topological polar surface area (TPSA) is 100 Å². The molecule has 7 rings (SSSR count). The lowest BCUT2D eigenvalue weighted by Crippen LogP contribution is -2.48. The summed E-state index contributed by atoms with van der Waals surface area (Å²) in [6.45, 7) is 1.77. The van der Waals surface area contributed by atoms with Gasteiger partial charge in [-0.2, -0.15) is 5.26 Å². The van der Waals surface area contributed by atoms with Gasteiger partial charge in [0.1, 0.15) is 11.6 Å². The number of amides is 2. The van der Waals surface area contributed by atoms with Crippen LogP contribution >= 0.6 is 0 Å². The Balaban J connectivity index is 1.05. The van der Waals surface area contributed by atoms with Crippen molar-refractivity contribution in [1.29, 1.82) is 5.26 Å². The molecule has 3 aromatic rings. The summed E-state index contributed by atoms with van der Waals surface area (Å²) < 4.78 is 11.2. The maximum absolute atomic E-state index is 12.7. The molecule has 0 aliphatic heterocycles. The van der Waals surface area contributed by atoms with E-state index in [9.17, 15) is 14.9 Å². The number of benzene rings is 3. The van der Waals surface area contributed by atoms with Gasteiger partial charge >= 0.3 is 0 Å². The van der Waals surface area contributed by atoms with Gasteiger partial charge in [-0.3, -0.25) is 9.59 Å². The summed E-state index contributed by atoms with van der Waals surface area (Å²) >= 11 is 0. The highest BCUT2D eigenvalue weighted by atomic mass is 16.5. The maximum Gasteiger partial charge on any atom is 0.266 e. The van der Waals surface area contributed by atoms with E-state index in [2.05, 4.69) is 22.8 Å². The zero-order chi connectivity index (χ0) is 30.0. The Bertz CT molecular complexity index is 1550. The molecular formula is C36H37N3O4. The van der Waals surface area contributed by atoms with Crippen molar-refractivity contribution in [2.45, 2.75) is 50.9 Å². The molecule has 0 aromatic heterocycles. The van der Waals surface area contributed by atoms with E-state index in [1.54, 1.807) is 30.3 Å². The molecule has 7 heteroatoms. The van der Waals surface area contributed by atoms with Crippen molar-refractivity contribution in [2.75, 3.05) is 24.4 Å². The van der Waals surface area contributed by atoms with Gasteiger partial charge in [-0.15, -0.1) is 0 Å².